The molecule has 7 heteroatoms. The van der Waals surface area contributed by atoms with Crippen LogP contribution in [-0.4, -0.2) is 33.8 Å². The molecule has 4 rings (SSSR count). The summed E-state index contributed by atoms with van der Waals surface area (Å²) < 4.78 is 5.82. The Labute approximate surface area is 192 Å². The molecule has 7 nitrogen and oxygen atoms in total. The van der Waals surface area contributed by atoms with Crippen LogP contribution in [-0.2, 0) is 9.59 Å². The van der Waals surface area contributed by atoms with E-state index in [1.807, 2.05) is 32.9 Å². The molecule has 33 heavy (non-hydrogen) atoms. The van der Waals surface area contributed by atoms with E-state index >= 15 is 0 Å². The number of ether oxygens (including phenoxy) is 1. The van der Waals surface area contributed by atoms with Crippen LogP contribution in [0.25, 0.3) is 0 Å². The molecular weight excluding hydrogens is 418 g/mol. The second-order valence-electron chi connectivity index (χ2n) is 8.46. The number of ketones is 2. The smallest absolute Gasteiger partial charge is 0.297 e. The molecule has 1 saturated heterocycles. The minimum absolute atomic E-state index is 0.0591. The highest BCUT2D eigenvalue weighted by atomic mass is 16.5. The van der Waals surface area contributed by atoms with Gasteiger partial charge in [-0.1, -0.05) is 42.0 Å². The summed E-state index contributed by atoms with van der Waals surface area (Å²) in [5.74, 6) is -2.35. The molecule has 1 amide bonds. The molecule has 0 saturated carbocycles. The topological polar surface area (TPSA) is 89.5 Å². The Morgan fingerprint density at radius 3 is 2.33 bits per heavy atom. The third-order valence-corrected chi connectivity index (χ3v) is 5.53. The minimum atomic E-state index is -1.21. The van der Waals surface area contributed by atoms with Crippen molar-refractivity contribution in [1.29, 1.82) is 0 Å². The molecule has 0 N–H and O–H groups in total. The molecule has 0 radical (unpaired) electrons. The van der Waals surface area contributed by atoms with Gasteiger partial charge in [-0.25, -0.2) is 0 Å². The van der Waals surface area contributed by atoms with Crippen LogP contribution in [0, 0.1) is 19.8 Å². The molecule has 1 aliphatic rings. The van der Waals surface area contributed by atoms with Crippen molar-refractivity contribution in [3.05, 3.63) is 83.0 Å². The number of hydrogen-bond acceptors (Lipinski definition) is 6. The van der Waals surface area contributed by atoms with Crippen LogP contribution in [0.4, 0.5) is 5.82 Å². The lowest BCUT2D eigenvalue weighted by Gasteiger charge is -2.26. The molecular formula is C26H25N3O4. The van der Waals surface area contributed by atoms with E-state index in [0.717, 1.165) is 5.56 Å². The summed E-state index contributed by atoms with van der Waals surface area (Å²) in [4.78, 5) is 41.2. The van der Waals surface area contributed by atoms with Gasteiger partial charge in [0, 0.05) is 5.56 Å². The van der Waals surface area contributed by atoms with Crippen LogP contribution >= 0.6 is 0 Å². The summed E-state index contributed by atoms with van der Waals surface area (Å²) in [6.07, 6.45) is -0.0591. The average molecular weight is 444 g/mol. The molecule has 0 aliphatic carbocycles. The highest BCUT2D eigenvalue weighted by Crippen LogP contribution is 2.41. The lowest BCUT2D eigenvalue weighted by molar-refractivity contribution is -0.135. The first-order chi connectivity index (χ1) is 15.8. The van der Waals surface area contributed by atoms with E-state index in [0.29, 0.717) is 22.6 Å². The number of benzene rings is 2. The van der Waals surface area contributed by atoms with E-state index in [1.165, 1.54) is 4.90 Å². The van der Waals surface area contributed by atoms with Gasteiger partial charge in [0.25, 0.3) is 5.91 Å². The van der Waals surface area contributed by atoms with Crippen LogP contribution in [0.1, 0.15) is 47.1 Å². The second kappa shape index (κ2) is 8.94. The van der Waals surface area contributed by atoms with Crippen molar-refractivity contribution in [3.8, 4) is 5.75 Å². The average Bonchev–Trinajstić information content (AvgIpc) is 3.05. The number of aryl methyl sites for hydroxylation is 2. The first-order valence-corrected chi connectivity index (χ1v) is 10.8. The molecule has 2 unspecified atom stereocenters. The predicted molar refractivity (Wildman–Crippen MR) is 123 cm³/mol. The molecule has 168 valence electrons. The maximum absolute atomic E-state index is 13.5. The lowest BCUT2D eigenvalue weighted by atomic mass is 9.86. The maximum atomic E-state index is 13.5. The number of Topliss-reactive ketones (excluding diaryl/α,β-unsaturated/α-hetero) is 2. The Hall–Kier alpha value is -3.87. The Kier molecular flexibility index (Phi) is 6.05. The first-order valence-electron chi connectivity index (χ1n) is 10.8. The first kappa shape index (κ1) is 22.3. The molecule has 3 aromatic rings. The molecule has 0 bridgehead atoms. The van der Waals surface area contributed by atoms with Gasteiger partial charge in [0.15, 0.2) is 11.6 Å². The van der Waals surface area contributed by atoms with Gasteiger partial charge in [-0.15, -0.1) is 5.10 Å². The van der Waals surface area contributed by atoms with Gasteiger partial charge >= 0.3 is 0 Å². The van der Waals surface area contributed by atoms with Crippen LogP contribution in [0.15, 0.2) is 60.7 Å². The molecule has 2 heterocycles. The van der Waals surface area contributed by atoms with E-state index in [4.69, 9.17) is 4.74 Å². The van der Waals surface area contributed by atoms with Crippen molar-refractivity contribution in [2.75, 3.05) is 4.90 Å². The number of carbonyl (C=O) groups is 3. The van der Waals surface area contributed by atoms with Crippen molar-refractivity contribution in [3.63, 3.8) is 0 Å². The predicted octanol–water partition coefficient (Wildman–Crippen LogP) is 4.04. The van der Waals surface area contributed by atoms with E-state index in [1.54, 1.807) is 55.5 Å². The molecule has 1 aliphatic heterocycles. The third-order valence-electron chi connectivity index (χ3n) is 5.53. The summed E-state index contributed by atoms with van der Waals surface area (Å²) >= 11 is 0. The van der Waals surface area contributed by atoms with Gasteiger partial charge in [0.2, 0.25) is 5.78 Å². The van der Waals surface area contributed by atoms with Crippen LogP contribution in [0.3, 0.4) is 0 Å². The van der Waals surface area contributed by atoms with Gasteiger partial charge < -0.3 is 4.74 Å². The summed E-state index contributed by atoms with van der Waals surface area (Å²) in [6, 6.07) is 16.6. The summed E-state index contributed by atoms with van der Waals surface area (Å²) in [5.41, 5.74) is 2.66. The van der Waals surface area contributed by atoms with Crippen LogP contribution < -0.4 is 9.64 Å². The van der Waals surface area contributed by atoms with Crippen molar-refractivity contribution < 1.29 is 19.1 Å². The minimum Gasteiger partial charge on any atom is -0.491 e. The maximum Gasteiger partial charge on any atom is 0.297 e. The van der Waals surface area contributed by atoms with Gasteiger partial charge in [-0.3, -0.25) is 19.3 Å². The molecule has 2 aromatic carbocycles. The second-order valence-corrected chi connectivity index (χ2v) is 8.46. The van der Waals surface area contributed by atoms with Crippen molar-refractivity contribution in [2.24, 2.45) is 5.92 Å². The van der Waals surface area contributed by atoms with Crippen molar-refractivity contribution >= 4 is 23.3 Å². The number of anilines is 1. The van der Waals surface area contributed by atoms with Gasteiger partial charge in [0.1, 0.15) is 11.7 Å². The third kappa shape index (κ3) is 4.39. The fourth-order valence-corrected chi connectivity index (χ4v) is 3.98. The van der Waals surface area contributed by atoms with Crippen molar-refractivity contribution in [1.82, 2.24) is 10.2 Å². The largest absolute Gasteiger partial charge is 0.491 e. The number of carbonyl (C=O) groups excluding carboxylic acids is 3. The Balaban J connectivity index is 1.84. The van der Waals surface area contributed by atoms with Gasteiger partial charge in [0.05, 0.1) is 17.8 Å². The molecule has 1 aromatic heterocycles. The van der Waals surface area contributed by atoms with Crippen molar-refractivity contribution in [2.45, 2.75) is 39.8 Å². The number of rotatable bonds is 6. The molecule has 0 spiro atoms. The number of nitrogens with zero attached hydrogens (tertiary/aromatic N) is 3. The quantitative estimate of drug-likeness (QED) is 0.325. The fraction of sp³-hybridized carbons (Fsp3) is 0.269. The Morgan fingerprint density at radius 2 is 1.70 bits per heavy atom. The molecule has 1 fully saturated rings. The fourth-order valence-electron chi connectivity index (χ4n) is 3.98. The number of amides is 1. The van der Waals surface area contributed by atoms with E-state index < -0.39 is 29.4 Å². The number of aromatic nitrogens is 2. The van der Waals surface area contributed by atoms with E-state index in [-0.39, 0.29) is 11.9 Å². The van der Waals surface area contributed by atoms with E-state index in [9.17, 15) is 14.4 Å². The Morgan fingerprint density at radius 1 is 0.970 bits per heavy atom. The van der Waals surface area contributed by atoms with Crippen LogP contribution in [0.2, 0.25) is 0 Å². The van der Waals surface area contributed by atoms with Crippen LogP contribution in [0.5, 0.6) is 5.75 Å². The standard InChI is InChI=1S/C26H25N3O4/c1-15(2)33-20-7-5-6-19(14-20)23-22(24(30)18-11-8-16(3)9-12-18)25(31)26(32)29(23)21-13-10-17(4)27-28-21/h5-15,22-23H,1-4H3. The monoisotopic (exact) mass is 443 g/mol. The highest BCUT2D eigenvalue weighted by Gasteiger charge is 2.53. The summed E-state index contributed by atoms with van der Waals surface area (Å²) in [5, 5.41) is 8.17. The zero-order chi connectivity index (χ0) is 23.7. The van der Waals surface area contributed by atoms with Gasteiger partial charge in [-0.05, 0) is 57.5 Å². The van der Waals surface area contributed by atoms with Gasteiger partial charge in [-0.2, -0.15) is 5.10 Å². The Bertz CT molecular complexity index is 1200. The highest BCUT2D eigenvalue weighted by molar-refractivity contribution is 6.48. The lowest BCUT2D eigenvalue weighted by Crippen LogP contribution is -2.31. The number of hydrogen-bond donors (Lipinski definition) is 0. The molecule has 2 atom stereocenters. The zero-order valence-electron chi connectivity index (χ0n) is 19.0. The summed E-state index contributed by atoms with van der Waals surface area (Å²) in [6.45, 7) is 7.52. The summed E-state index contributed by atoms with van der Waals surface area (Å²) in [7, 11) is 0. The zero-order valence-corrected chi connectivity index (χ0v) is 19.0. The van der Waals surface area contributed by atoms with E-state index in [2.05, 4.69) is 10.2 Å². The normalized spacial score (nSPS) is 18.2. The SMILES string of the molecule is Cc1ccc(C(=O)C2C(=O)C(=O)N(c3ccc(C)nn3)C2c2cccc(OC(C)C)c2)cc1.